The van der Waals surface area contributed by atoms with Gasteiger partial charge in [0.25, 0.3) is 0 Å². The minimum absolute atomic E-state index is 0.00600. The molecule has 1 heterocycles. The minimum Gasteiger partial charge on any atom is -0.507 e. The fourth-order valence-corrected chi connectivity index (χ4v) is 5.81. The van der Waals surface area contributed by atoms with E-state index in [0.29, 0.717) is 0 Å². The summed E-state index contributed by atoms with van der Waals surface area (Å²) in [6.07, 6.45) is -5.21. The van der Waals surface area contributed by atoms with Crippen LogP contribution in [-0.2, 0) is 27.3 Å². The van der Waals surface area contributed by atoms with Gasteiger partial charge in [0.05, 0.1) is 36.0 Å². The summed E-state index contributed by atoms with van der Waals surface area (Å²) in [5.74, 6) is -4.00. The van der Waals surface area contributed by atoms with Gasteiger partial charge in [-0.1, -0.05) is 18.2 Å². The maximum absolute atomic E-state index is 13.6. The van der Waals surface area contributed by atoms with Crippen molar-refractivity contribution in [3.63, 3.8) is 0 Å². The summed E-state index contributed by atoms with van der Waals surface area (Å²) in [4.78, 5) is 39.7. The van der Waals surface area contributed by atoms with Crippen molar-refractivity contribution < 1.29 is 54.5 Å². The number of rotatable bonds is 5. The number of carbonyl (C=O) groups is 3. The van der Waals surface area contributed by atoms with Crippen molar-refractivity contribution in [3.05, 3.63) is 57.1 Å². The number of carbonyl (C=O) groups excluding carboxylic acids is 3. The van der Waals surface area contributed by atoms with E-state index in [0.717, 1.165) is 0 Å². The predicted molar refractivity (Wildman–Crippen MR) is 131 cm³/mol. The first-order valence-corrected chi connectivity index (χ1v) is 12.5. The smallest absolute Gasteiger partial charge is 0.198 e. The molecule has 0 spiro atoms. The van der Waals surface area contributed by atoms with Gasteiger partial charge in [-0.05, 0) is 12.5 Å². The van der Waals surface area contributed by atoms with E-state index in [-0.39, 0.29) is 34.2 Å². The van der Waals surface area contributed by atoms with Crippen LogP contribution in [0.5, 0.6) is 11.5 Å². The molecule has 0 saturated carbocycles. The summed E-state index contributed by atoms with van der Waals surface area (Å²) in [6.45, 7) is -0.0137. The van der Waals surface area contributed by atoms with Crippen molar-refractivity contribution >= 4 is 17.3 Å². The summed E-state index contributed by atoms with van der Waals surface area (Å²) in [6, 6.07) is 3.53. The van der Waals surface area contributed by atoms with Gasteiger partial charge in [0, 0.05) is 47.6 Å². The molecule has 0 amide bonds. The molecule has 0 radical (unpaired) electrons. The first kappa shape index (κ1) is 27.3. The highest BCUT2D eigenvalue weighted by atomic mass is 16.7. The minimum atomic E-state index is -2.25. The molecule has 2 aromatic carbocycles. The molecule has 2 aliphatic carbocycles. The third-order valence-electron chi connectivity index (χ3n) is 7.88. The Hall–Kier alpha value is -3.23. The number of hydrogen-bond acceptors (Lipinski definition) is 12. The van der Waals surface area contributed by atoms with E-state index in [1.165, 1.54) is 18.2 Å². The number of Topliss-reactive ketones (excluding diaryl/α,β-unsaturated/α-hetero) is 1. The van der Waals surface area contributed by atoms with Crippen LogP contribution in [0, 0.1) is 0 Å². The fraction of sp³-hybridized carbons (Fsp3) is 0.444. The number of aliphatic hydroxyl groups excluding tert-OH is 3. The van der Waals surface area contributed by atoms with Crippen molar-refractivity contribution in [1.29, 1.82) is 0 Å². The lowest BCUT2D eigenvalue weighted by Gasteiger charge is -2.42. The van der Waals surface area contributed by atoms with Gasteiger partial charge in [-0.15, -0.1) is 0 Å². The maximum atomic E-state index is 13.6. The normalized spacial score (nSPS) is 29.9. The molecule has 3 aliphatic rings. The van der Waals surface area contributed by atoms with E-state index in [1.54, 1.807) is 6.92 Å². The number of ether oxygens (including phenoxy) is 2. The van der Waals surface area contributed by atoms with Crippen LogP contribution in [-0.4, -0.2) is 84.7 Å². The molecular formula is C27H29NO11. The number of nitrogens with two attached hydrogens (primary N) is 1. The Balaban J connectivity index is 1.69. The fourth-order valence-electron chi connectivity index (χ4n) is 5.81. The van der Waals surface area contributed by atoms with Crippen LogP contribution in [0.1, 0.15) is 74.4 Å². The van der Waals surface area contributed by atoms with E-state index in [4.69, 9.17) is 15.2 Å². The summed E-state index contributed by atoms with van der Waals surface area (Å²) >= 11 is 0. The number of phenols is 2. The van der Waals surface area contributed by atoms with Crippen molar-refractivity contribution in [2.24, 2.45) is 5.73 Å². The zero-order valence-electron chi connectivity index (χ0n) is 21.0. The second-order valence-electron chi connectivity index (χ2n) is 10.3. The number of ketones is 3. The van der Waals surface area contributed by atoms with E-state index in [9.17, 15) is 45.0 Å². The van der Waals surface area contributed by atoms with E-state index in [2.05, 4.69) is 0 Å². The summed E-state index contributed by atoms with van der Waals surface area (Å²) in [7, 11) is 0. The topological polar surface area (TPSA) is 217 Å². The van der Waals surface area contributed by atoms with E-state index in [1.807, 2.05) is 0 Å². The van der Waals surface area contributed by atoms with Crippen LogP contribution in [0.2, 0.25) is 0 Å². The molecule has 1 fully saturated rings. The van der Waals surface area contributed by atoms with Crippen LogP contribution in [0.3, 0.4) is 0 Å². The van der Waals surface area contributed by atoms with Gasteiger partial charge in [-0.3, -0.25) is 14.4 Å². The lowest BCUT2D eigenvalue weighted by atomic mass is 9.71. The molecule has 0 aromatic heterocycles. The molecule has 39 heavy (non-hydrogen) atoms. The van der Waals surface area contributed by atoms with Crippen LogP contribution in [0.25, 0.3) is 0 Å². The van der Waals surface area contributed by atoms with Crippen molar-refractivity contribution in [2.45, 2.75) is 69.0 Å². The molecule has 12 heteroatoms. The van der Waals surface area contributed by atoms with Crippen molar-refractivity contribution in [2.75, 3.05) is 6.61 Å². The monoisotopic (exact) mass is 543 g/mol. The number of aliphatic hydroxyl groups is 4. The van der Waals surface area contributed by atoms with Crippen LogP contribution >= 0.6 is 0 Å². The molecule has 208 valence electrons. The average Bonchev–Trinajstić information content (AvgIpc) is 2.90. The van der Waals surface area contributed by atoms with Gasteiger partial charge in [0.15, 0.2) is 23.6 Å². The molecule has 1 unspecified atom stereocenters. The van der Waals surface area contributed by atoms with E-state index >= 15 is 0 Å². The number of benzene rings is 2. The molecule has 0 bridgehead atoms. The molecule has 8 N–H and O–H groups in total. The Morgan fingerprint density at radius 2 is 1.82 bits per heavy atom. The van der Waals surface area contributed by atoms with Gasteiger partial charge >= 0.3 is 0 Å². The third-order valence-corrected chi connectivity index (χ3v) is 7.88. The Morgan fingerprint density at radius 3 is 2.46 bits per heavy atom. The SMILES string of the molecule is C[C@@H]1OC(O[C@H]2C[C@](O)(C(=O)CO)Cc3c(O)c4c(c(O)c32)C(=O)c2c(CO)cccc2C4=O)C[C@H](N)[C@@H]1O. The van der Waals surface area contributed by atoms with Gasteiger partial charge in [-0.2, -0.15) is 0 Å². The second kappa shape index (κ2) is 9.75. The van der Waals surface area contributed by atoms with Crippen LogP contribution in [0.15, 0.2) is 18.2 Å². The lowest BCUT2D eigenvalue weighted by molar-refractivity contribution is -0.247. The first-order valence-electron chi connectivity index (χ1n) is 12.5. The molecule has 5 rings (SSSR count). The van der Waals surface area contributed by atoms with E-state index < -0.39 is 102 Å². The van der Waals surface area contributed by atoms with Crippen LogP contribution < -0.4 is 5.73 Å². The molecule has 12 nitrogen and oxygen atoms in total. The highest BCUT2D eigenvalue weighted by Gasteiger charge is 2.50. The van der Waals surface area contributed by atoms with Crippen molar-refractivity contribution in [3.8, 4) is 11.5 Å². The Kier molecular flexibility index (Phi) is 6.84. The highest BCUT2D eigenvalue weighted by molar-refractivity contribution is 6.31. The standard InChI is InChI=1S/C27H29NO11/c1-10-22(32)14(28)5-17(38-10)39-15-7-27(37,16(31)9-30)6-13-19(15)26(36)21-20(24(13)34)23(33)12-4-2-3-11(8-29)18(12)25(21)35/h2-4,10,14-15,17,22,29-30,32,34,36-37H,5-9,28H2,1H3/t10-,14-,15-,17?,22+,27-/m0/s1. The van der Waals surface area contributed by atoms with Gasteiger partial charge in [0.2, 0.25) is 0 Å². The third kappa shape index (κ3) is 4.16. The van der Waals surface area contributed by atoms with Gasteiger partial charge in [-0.25, -0.2) is 0 Å². The zero-order chi connectivity index (χ0) is 28.4. The maximum Gasteiger partial charge on any atom is 0.198 e. The Bertz CT molecular complexity index is 1380. The van der Waals surface area contributed by atoms with Gasteiger partial charge < -0.3 is 45.8 Å². The molecule has 1 aliphatic heterocycles. The number of hydrogen-bond donors (Lipinski definition) is 7. The van der Waals surface area contributed by atoms with Gasteiger partial charge in [0.1, 0.15) is 23.7 Å². The molecule has 2 aromatic rings. The first-order chi connectivity index (χ1) is 18.4. The Labute approximate surface area is 222 Å². The molecular weight excluding hydrogens is 514 g/mol. The zero-order valence-corrected chi connectivity index (χ0v) is 21.0. The lowest BCUT2D eigenvalue weighted by Crippen LogP contribution is -2.53. The highest BCUT2D eigenvalue weighted by Crippen LogP contribution is 2.52. The number of aromatic hydroxyl groups is 2. The largest absolute Gasteiger partial charge is 0.507 e. The van der Waals surface area contributed by atoms with Crippen LogP contribution in [0.4, 0.5) is 0 Å². The molecule has 6 atom stereocenters. The average molecular weight is 544 g/mol. The summed E-state index contributed by atoms with van der Waals surface area (Å²) < 4.78 is 11.7. The number of fused-ring (bicyclic) bond motifs is 3. The second-order valence-corrected chi connectivity index (χ2v) is 10.3. The predicted octanol–water partition coefficient (Wildman–Crippen LogP) is -0.515. The van der Waals surface area contributed by atoms with Crippen molar-refractivity contribution in [1.82, 2.24) is 0 Å². The Morgan fingerprint density at radius 1 is 1.13 bits per heavy atom. The quantitative estimate of drug-likeness (QED) is 0.202. The summed E-state index contributed by atoms with van der Waals surface area (Å²) in [5, 5.41) is 63.4. The number of phenolic OH excluding ortho intramolecular Hbond substituents is 2. The molecule has 1 saturated heterocycles. The summed E-state index contributed by atoms with van der Waals surface area (Å²) in [5.41, 5.74) is 2.35.